The van der Waals surface area contributed by atoms with E-state index in [1.165, 1.54) is 11.3 Å². The Bertz CT molecular complexity index is 828. The van der Waals surface area contributed by atoms with Crippen LogP contribution in [0.15, 0.2) is 48.5 Å². The van der Waals surface area contributed by atoms with Crippen LogP contribution in [-0.2, 0) is 9.53 Å². The molecule has 0 bridgehead atoms. The van der Waals surface area contributed by atoms with Gasteiger partial charge >= 0.3 is 0 Å². The maximum absolute atomic E-state index is 12.8. The Morgan fingerprint density at radius 1 is 1.07 bits per heavy atom. The average molecular weight is 396 g/mol. The molecule has 2 amide bonds. The monoisotopic (exact) mass is 395 g/mol. The van der Waals surface area contributed by atoms with E-state index in [0.29, 0.717) is 24.4 Å². The van der Waals surface area contributed by atoms with Crippen molar-refractivity contribution >= 4 is 23.2 Å². The molecule has 0 atom stereocenters. The molecule has 1 aliphatic rings. The first-order valence-electron chi connectivity index (χ1n) is 10.1. The zero-order valence-electron chi connectivity index (χ0n) is 17.1. The summed E-state index contributed by atoms with van der Waals surface area (Å²) in [6, 6.07) is 15.6. The van der Waals surface area contributed by atoms with E-state index in [9.17, 15) is 9.59 Å². The highest BCUT2D eigenvalue weighted by Crippen LogP contribution is 2.25. The smallest absolute Gasteiger partial charge is 0.253 e. The Morgan fingerprint density at radius 3 is 2.45 bits per heavy atom. The minimum Gasteiger partial charge on any atom is -0.383 e. The van der Waals surface area contributed by atoms with E-state index in [4.69, 9.17) is 4.74 Å². The van der Waals surface area contributed by atoms with E-state index in [-0.39, 0.29) is 17.7 Å². The first-order valence-corrected chi connectivity index (χ1v) is 10.1. The highest BCUT2D eigenvalue weighted by molar-refractivity contribution is 6.04. The summed E-state index contributed by atoms with van der Waals surface area (Å²) in [6.07, 6.45) is 1.59. The van der Waals surface area contributed by atoms with Crippen LogP contribution in [0.1, 0.15) is 28.8 Å². The fraction of sp³-hybridized carbons (Fsp3) is 0.391. The second kappa shape index (κ2) is 10.1. The molecule has 154 valence electrons. The Morgan fingerprint density at radius 2 is 1.76 bits per heavy atom. The number of nitrogens with one attached hydrogen (secondary N) is 2. The number of hydrogen-bond acceptors (Lipinski definition) is 4. The lowest BCUT2D eigenvalue weighted by molar-refractivity contribution is -0.120. The molecule has 29 heavy (non-hydrogen) atoms. The Balaban J connectivity index is 1.57. The molecular formula is C23H29N3O3. The number of piperidine rings is 1. The summed E-state index contributed by atoms with van der Waals surface area (Å²) < 4.78 is 4.96. The Hall–Kier alpha value is -2.86. The molecule has 1 fully saturated rings. The predicted molar refractivity (Wildman–Crippen MR) is 115 cm³/mol. The van der Waals surface area contributed by atoms with Gasteiger partial charge in [0.25, 0.3) is 5.91 Å². The van der Waals surface area contributed by atoms with E-state index in [1.807, 2.05) is 6.07 Å². The standard InChI is InChI=1S/C23H29N3O3/c1-17-7-9-19(10-8-17)26-14-11-18(12-15-26)22(27)25-21-6-4-3-5-20(21)23(28)24-13-16-29-2/h3-10,18H,11-16H2,1-2H3,(H,24,28)(H,25,27). The predicted octanol–water partition coefficient (Wildman–Crippen LogP) is 3.23. The summed E-state index contributed by atoms with van der Waals surface area (Å²) in [7, 11) is 1.59. The molecule has 1 aliphatic heterocycles. The van der Waals surface area contributed by atoms with E-state index >= 15 is 0 Å². The number of benzene rings is 2. The summed E-state index contributed by atoms with van der Waals surface area (Å²) >= 11 is 0. The molecule has 0 aromatic heterocycles. The first kappa shape index (κ1) is 20.9. The Kier molecular flexibility index (Phi) is 7.25. The van der Waals surface area contributed by atoms with Gasteiger partial charge in [-0.3, -0.25) is 9.59 Å². The summed E-state index contributed by atoms with van der Waals surface area (Å²) in [6.45, 7) is 4.64. The number of methoxy groups -OCH3 is 1. The van der Waals surface area contributed by atoms with Crippen molar-refractivity contribution in [1.82, 2.24) is 5.32 Å². The molecule has 1 saturated heterocycles. The number of para-hydroxylation sites is 1. The molecule has 0 radical (unpaired) electrons. The van der Waals surface area contributed by atoms with Crippen molar-refractivity contribution in [2.45, 2.75) is 19.8 Å². The molecule has 0 spiro atoms. The fourth-order valence-electron chi connectivity index (χ4n) is 3.54. The van der Waals surface area contributed by atoms with Crippen molar-refractivity contribution < 1.29 is 14.3 Å². The number of nitrogens with zero attached hydrogens (tertiary/aromatic N) is 1. The maximum atomic E-state index is 12.8. The van der Waals surface area contributed by atoms with E-state index in [0.717, 1.165) is 25.9 Å². The van der Waals surface area contributed by atoms with Crippen LogP contribution in [0.4, 0.5) is 11.4 Å². The van der Waals surface area contributed by atoms with Crippen molar-refractivity contribution in [2.24, 2.45) is 5.92 Å². The van der Waals surface area contributed by atoms with Gasteiger partial charge in [0.05, 0.1) is 17.9 Å². The summed E-state index contributed by atoms with van der Waals surface area (Å²) in [4.78, 5) is 27.5. The molecule has 0 aliphatic carbocycles. The number of anilines is 2. The van der Waals surface area contributed by atoms with Crippen LogP contribution >= 0.6 is 0 Å². The fourth-order valence-corrected chi connectivity index (χ4v) is 3.54. The van der Waals surface area contributed by atoms with Gasteiger partial charge in [-0.05, 0) is 44.0 Å². The van der Waals surface area contributed by atoms with Crippen LogP contribution in [0.5, 0.6) is 0 Å². The SMILES string of the molecule is COCCNC(=O)c1ccccc1NC(=O)C1CCN(c2ccc(C)cc2)CC1. The third-order valence-corrected chi connectivity index (χ3v) is 5.29. The van der Waals surface area contributed by atoms with Crippen molar-refractivity contribution in [3.8, 4) is 0 Å². The van der Waals surface area contributed by atoms with Crippen LogP contribution in [0.2, 0.25) is 0 Å². The first-order chi connectivity index (χ1) is 14.1. The molecule has 2 aromatic rings. The molecule has 2 N–H and O–H groups in total. The quantitative estimate of drug-likeness (QED) is 0.706. The van der Waals surface area contributed by atoms with Crippen molar-refractivity contribution in [2.75, 3.05) is 43.6 Å². The van der Waals surface area contributed by atoms with Gasteiger partial charge in [-0.25, -0.2) is 0 Å². The minimum atomic E-state index is -0.216. The zero-order chi connectivity index (χ0) is 20.6. The van der Waals surface area contributed by atoms with Crippen LogP contribution in [0, 0.1) is 12.8 Å². The van der Waals surface area contributed by atoms with E-state index < -0.39 is 0 Å². The van der Waals surface area contributed by atoms with Gasteiger partial charge in [0.1, 0.15) is 0 Å². The molecule has 6 nitrogen and oxygen atoms in total. The van der Waals surface area contributed by atoms with Crippen LogP contribution in [-0.4, -0.2) is 45.2 Å². The summed E-state index contributed by atoms with van der Waals surface area (Å²) in [5.74, 6) is -0.292. The normalized spacial score (nSPS) is 14.5. The van der Waals surface area contributed by atoms with Crippen LogP contribution < -0.4 is 15.5 Å². The van der Waals surface area contributed by atoms with Gasteiger partial charge in [-0.15, -0.1) is 0 Å². The molecule has 1 heterocycles. The third kappa shape index (κ3) is 5.57. The average Bonchev–Trinajstić information content (AvgIpc) is 2.75. The lowest BCUT2D eigenvalue weighted by atomic mass is 9.95. The van der Waals surface area contributed by atoms with Crippen molar-refractivity contribution in [1.29, 1.82) is 0 Å². The zero-order valence-corrected chi connectivity index (χ0v) is 17.1. The van der Waals surface area contributed by atoms with Crippen LogP contribution in [0.3, 0.4) is 0 Å². The van der Waals surface area contributed by atoms with Gasteiger partial charge in [-0.1, -0.05) is 29.8 Å². The molecule has 3 rings (SSSR count). The van der Waals surface area contributed by atoms with Crippen molar-refractivity contribution in [3.05, 3.63) is 59.7 Å². The highest BCUT2D eigenvalue weighted by atomic mass is 16.5. The van der Waals surface area contributed by atoms with Gasteiger partial charge in [0.15, 0.2) is 0 Å². The number of hydrogen-bond donors (Lipinski definition) is 2. The summed E-state index contributed by atoms with van der Waals surface area (Å²) in [5.41, 5.74) is 3.46. The lowest BCUT2D eigenvalue weighted by Gasteiger charge is -2.33. The number of carbonyl (C=O) groups is 2. The molecule has 0 saturated carbocycles. The maximum Gasteiger partial charge on any atom is 0.253 e. The van der Waals surface area contributed by atoms with Crippen molar-refractivity contribution in [3.63, 3.8) is 0 Å². The van der Waals surface area contributed by atoms with Gasteiger partial charge in [0, 0.05) is 38.3 Å². The van der Waals surface area contributed by atoms with E-state index in [2.05, 4.69) is 46.7 Å². The van der Waals surface area contributed by atoms with E-state index in [1.54, 1.807) is 25.3 Å². The van der Waals surface area contributed by atoms with Gasteiger partial charge < -0.3 is 20.3 Å². The second-order valence-electron chi connectivity index (χ2n) is 7.38. The number of amides is 2. The van der Waals surface area contributed by atoms with Gasteiger partial charge in [0.2, 0.25) is 5.91 Å². The lowest BCUT2D eigenvalue weighted by Crippen LogP contribution is -2.38. The number of ether oxygens (including phenoxy) is 1. The molecular weight excluding hydrogens is 366 g/mol. The number of rotatable bonds is 7. The topological polar surface area (TPSA) is 70.7 Å². The number of carbonyl (C=O) groups excluding carboxylic acids is 2. The van der Waals surface area contributed by atoms with Gasteiger partial charge in [-0.2, -0.15) is 0 Å². The second-order valence-corrected chi connectivity index (χ2v) is 7.38. The highest BCUT2D eigenvalue weighted by Gasteiger charge is 2.26. The largest absolute Gasteiger partial charge is 0.383 e. The molecule has 0 unspecified atom stereocenters. The summed E-state index contributed by atoms with van der Waals surface area (Å²) in [5, 5.41) is 5.76. The molecule has 2 aromatic carbocycles. The third-order valence-electron chi connectivity index (χ3n) is 5.29. The minimum absolute atomic E-state index is 0.0225. The number of aryl methyl sites for hydroxylation is 1. The van der Waals surface area contributed by atoms with Crippen LogP contribution in [0.25, 0.3) is 0 Å². The molecule has 6 heteroatoms. The Labute approximate surface area is 172 Å².